The summed E-state index contributed by atoms with van der Waals surface area (Å²) < 4.78 is 23.5. The van der Waals surface area contributed by atoms with E-state index < -0.39 is 11.8 Å². The molecule has 1 aromatic rings. The fourth-order valence-corrected chi connectivity index (χ4v) is 1.45. The molecule has 0 heterocycles. The van der Waals surface area contributed by atoms with E-state index in [0.29, 0.717) is 12.1 Å². The third-order valence-corrected chi connectivity index (χ3v) is 2.25. The lowest BCUT2D eigenvalue weighted by atomic mass is 10.2. The summed E-state index contributed by atoms with van der Waals surface area (Å²) in [7, 11) is 0. The molecule has 1 aromatic carbocycles. The number of carbonyl (C=O) groups excluding carboxylic acids is 1. The molecule has 0 aliphatic rings. The van der Waals surface area contributed by atoms with Crippen LogP contribution in [-0.4, -0.2) is 25.7 Å². The number of nitrogens with one attached hydrogen (secondary N) is 1. The average molecular weight is 255 g/mol. The summed E-state index contributed by atoms with van der Waals surface area (Å²) in [5.41, 5.74) is 0.682. The van der Waals surface area contributed by atoms with Crippen LogP contribution in [0.25, 0.3) is 0 Å². The fraction of sp³-hybridized carbons (Fsp3) is 0.462. The van der Waals surface area contributed by atoms with E-state index in [1.165, 1.54) is 6.07 Å². The van der Waals surface area contributed by atoms with Crippen LogP contribution >= 0.6 is 0 Å². The molecular weight excluding hydrogens is 237 g/mol. The van der Waals surface area contributed by atoms with Gasteiger partial charge in [-0.3, -0.25) is 0 Å². The maximum absolute atomic E-state index is 13.6. The predicted molar refractivity (Wildman–Crippen MR) is 65.9 cm³/mol. The van der Waals surface area contributed by atoms with Crippen LogP contribution < -0.4 is 10.1 Å². The number of carbonyl (C=O) groups is 1. The van der Waals surface area contributed by atoms with Crippen molar-refractivity contribution < 1.29 is 18.7 Å². The van der Waals surface area contributed by atoms with Crippen LogP contribution in [0.1, 0.15) is 19.4 Å². The lowest BCUT2D eigenvalue weighted by molar-refractivity contribution is -0.145. The van der Waals surface area contributed by atoms with Gasteiger partial charge in [0.25, 0.3) is 0 Å². The third-order valence-electron chi connectivity index (χ3n) is 2.25. The van der Waals surface area contributed by atoms with Crippen molar-refractivity contribution in [2.24, 2.45) is 0 Å². The summed E-state index contributed by atoms with van der Waals surface area (Å²) in [6, 6.07) is 4.67. The SMILES string of the molecule is CCNCc1cccc(F)c1OCC(=O)OCC. The van der Waals surface area contributed by atoms with Crippen LogP contribution in [0.5, 0.6) is 5.75 Å². The molecule has 0 spiro atoms. The molecule has 0 fully saturated rings. The minimum absolute atomic E-state index is 0.103. The Balaban J connectivity index is 2.69. The highest BCUT2D eigenvalue weighted by Crippen LogP contribution is 2.22. The molecule has 1 N–H and O–H groups in total. The van der Waals surface area contributed by atoms with Crippen LogP contribution in [0, 0.1) is 5.82 Å². The van der Waals surface area contributed by atoms with Gasteiger partial charge in [-0.15, -0.1) is 0 Å². The Bertz CT molecular complexity index is 396. The summed E-state index contributed by atoms with van der Waals surface area (Å²) >= 11 is 0. The Hall–Kier alpha value is -1.62. The van der Waals surface area contributed by atoms with Crippen LogP contribution in [0.2, 0.25) is 0 Å². The van der Waals surface area contributed by atoms with E-state index in [-0.39, 0.29) is 19.0 Å². The number of hydrogen-bond acceptors (Lipinski definition) is 4. The Kier molecular flexibility index (Phi) is 6.14. The van der Waals surface area contributed by atoms with Crippen molar-refractivity contribution in [3.05, 3.63) is 29.6 Å². The first-order valence-corrected chi connectivity index (χ1v) is 5.95. The Morgan fingerprint density at radius 3 is 2.83 bits per heavy atom. The first kappa shape index (κ1) is 14.4. The van der Waals surface area contributed by atoms with Crippen LogP contribution in [0.3, 0.4) is 0 Å². The molecule has 0 bridgehead atoms. The van der Waals surface area contributed by atoms with Gasteiger partial charge in [-0.1, -0.05) is 19.1 Å². The minimum atomic E-state index is -0.504. The van der Waals surface area contributed by atoms with Crippen molar-refractivity contribution in [2.75, 3.05) is 19.8 Å². The van der Waals surface area contributed by atoms with E-state index in [1.807, 2.05) is 6.92 Å². The van der Waals surface area contributed by atoms with Crippen molar-refractivity contribution in [1.82, 2.24) is 5.32 Å². The van der Waals surface area contributed by atoms with E-state index in [0.717, 1.165) is 6.54 Å². The smallest absolute Gasteiger partial charge is 0.344 e. The first-order valence-electron chi connectivity index (χ1n) is 5.95. The zero-order valence-electron chi connectivity index (χ0n) is 10.7. The number of halogens is 1. The monoisotopic (exact) mass is 255 g/mol. The maximum Gasteiger partial charge on any atom is 0.344 e. The molecule has 0 aliphatic carbocycles. The number of hydrogen-bond donors (Lipinski definition) is 1. The van der Waals surface area contributed by atoms with Gasteiger partial charge >= 0.3 is 5.97 Å². The van der Waals surface area contributed by atoms with Gasteiger partial charge in [0, 0.05) is 12.1 Å². The molecule has 0 saturated heterocycles. The van der Waals surface area contributed by atoms with Gasteiger partial charge in [0.15, 0.2) is 18.2 Å². The van der Waals surface area contributed by atoms with Crippen molar-refractivity contribution in [2.45, 2.75) is 20.4 Å². The quantitative estimate of drug-likeness (QED) is 0.756. The van der Waals surface area contributed by atoms with E-state index in [1.54, 1.807) is 19.1 Å². The second kappa shape index (κ2) is 7.66. The highest BCUT2D eigenvalue weighted by atomic mass is 19.1. The predicted octanol–water partition coefficient (Wildman–Crippen LogP) is 1.88. The van der Waals surface area contributed by atoms with Gasteiger partial charge in [0.1, 0.15) is 0 Å². The Labute approximate surface area is 106 Å². The molecule has 0 aliphatic heterocycles. The van der Waals surface area contributed by atoms with Crippen LogP contribution in [-0.2, 0) is 16.1 Å². The van der Waals surface area contributed by atoms with E-state index in [2.05, 4.69) is 5.32 Å². The normalized spacial score (nSPS) is 10.2. The molecule has 1 rings (SSSR count). The Morgan fingerprint density at radius 2 is 2.17 bits per heavy atom. The molecule has 100 valence electrons. The molecule has 0 unspecified atom stereocenters. The van der Waals surface area contributed by atoms with E-state index in [4.69, 9.17) is 9.47 Å². The Morgan fingerprint density at radius 1 is 1.39 bits per heavy atom. The molecule has 5 heteroatoms. The maximum atomic E-state index is 13.6. The zero-order chi connectivity index (χ0) is 13.4. The van der Waals surface area contributed by atoms with Crippen molar-refractivity contribution >= 4 is 5.97 Å². The lowest BCUT2D eigenvalue weighted by Crippen LogP contribution is -2.18. The minimum Gasteiger partial charge on any atom is -0.478 e. The number of ether oxygens (including phenoxy) is 2. The van der Waals surface area contributed by atoms with Gasteiger partial charge in [-0.2, -0.15) is 0 Å². The molecule has 0 aromatic heterocycles. The molecule has 0 radical (unpaired) electrons. The highest BCUT2D eigenvalue weighted by Gasteiger charge is 2.11. The second-order valence-corrected chi connectivity index (χ2v) is 3.60. The first-order chi connectivity index (χ1) is 8.69. The average Bonchev–Trinajstić information content (AvgIpc) is 2.35. The molecule has 18 heavy (non-hydrogen) atoms. The number of rotatable bonds is 7. The van der Waals surface area contributed by atoms with E-state index >= 15 is 0 Å². The summed E-state index contributed by atoms with van der Waals surface area (Å²) in [4.78, 5) is 11.2. The number of para-hydroxylation sites is 1. The number of benzene rings is 1. The van der Waals surface area contributed by atoms with Crippen molar-refractivity contribution in [3.8, 4) is 5.75 Å². The summed E-state index contributed by atoms with van der Waals surface area (Å²) in [6.45, 7) is 4.92. The second-order valence-electron chi connectivity index (χ2n) is 3.60. The molecule has 4 nitrogen and oxygen atoms in total. The van der Waals surface area contributed by atoms with Crippen molar-refractivity contribution in [1.29, 1.82) is 0 Å². The molecule has 0 amide bonds. The molecule has 0 saturated carbocycles. The van der Waals surface area contributed by atoms with Gasteiger partial charge in [0.2, 0.25) is 0 Å². The summed E-state index contributed by atoms with van der Waals surface area (Å²) in [6.07, 6.45) is 0. The largest absolute Gasteiger partial charge is 0.478 e. The molecule has 0 atom stereocenters. The molecular formula is C13H18FNO3. The van der Waals surface area contributed by atoms with Crippen LogP contribution in [0.4, 0.5) is 4.39 Å². The zero-order valence-corrected chi connectivity index (χ0v) is 10.7. The topological polar surface area (TPSA) is 47.6 Å². The highest BCUT2D eigenvalue weighted by molar-refractivity contribution is 5.71. The van der Waals surface area contributed by atoms with E-state index in [9.17, 15) is 9.18 Å². The lowest BCUT2D eigenvalue weighted by Gasteiger charge is -2.12. The summed E-state index contributed by atoms with van der Waals surface area (Å²) in [5.74, 6) is -0.878. The van der Waals surface area contributed by atoms with Gasteiger partial charge < -0.3 is 14.8 Å². The summed E-state index contributed by atoms with van der Waals surface area (Å²) in [5, 5.41) is 3.08. The standard InChI is InChI=1S/C13H18FNO3/c1-3-15-8-10-6-5-7-11(14)13(10)18-9-12(16)17-4-2/h5-7,15H,3-4,8-9H2,1-2H3. The van der Waals surface area contributed by atoms with Gasteiger partial charge in [-0.05, 0) is 19.5 Å². The van der Waals surface area contributed by atoms with Crippen LogP contribution in [0.15, 0.2) is 18.2 Å². The number of esters is 1. The third kappa shape index (κ3) is 4.33. The van der Waals surface area contributed by atoms with Crippen molar-refractivity contribution in [3.63, 3.8) is 0 Å². The van der Waals surface area contributed by atoms with Gasteiger partial charge in [-0.25, -0.2) is 9.18 Å². The fourth-order valence-electron chi connectivity index (χ4n) is 1.45. The van der Waals surface area contributed by atoms with Gasteiger partial charge in [0.05, 0.1) is 6.61 Å².